The molecular formula is C20H19Cl2NO2. The van der Waals surface area contributed by atoms with E-state index in [0.29, 0.717) is 16.6 Å². The van der Waals surface area contributed by atoms with E-state index >= 15 is 0 Å². The van der Waals surface area contributed by atoms with Gasteiger partial charge in [-0.15, -0.1) is 0 Å². The van der Waals surface area contributed by atoms with Gasteiger partial charge in [0.25, 0.3) is 0 Å². The minimum absolute atomic E-state index is 0.0628. The predicted octanol–water partition coefficient (Wildman–Crippen LogP) is 4.72. The zero-order valence-electron chi connectivity index (χ0n) is 13.6. The number of hydrogen-bond acceptors (Lipinski definition) is 2. The Hall–Kier alpha value is -1.71. The molecular weight excluding hydrogens is 357 g/mol. The molecule has 0 spiro atoms. The Labute approximate surface area is 157 Å². The zero-order valence-corrected chi connectivity index (χ0v) is 15.1. The normalized spacial score (nSPS) is 28.5. The first kappa shape index (κ1) is 16.7. The number of halogens is 2. The molecule has 2 aromatic rings. The second-order valence-electron chi connectivity index (χ2n) is 6.98. The van der Waals surface area contributed by atoms with E-state index in [2.05, 4.69) is 17.4 Å². The molecule has 1 amide bonds. The molecule has 3 nitrogen and oxygen atoms in total. The van der Waals surface area contributed by atoms with Crippen LogP contribution in [0.15, 0.2) is 42.5 Å². The SMILES string of the molecule is O=C1NC[C@H]2[C@@H](c3ccc(Cl)cc3)[C@H](c3ccc(O)cc3Cl)CC[C@@H]12. The van der Waals surface area contributed by atoms with Crippen LogP contribution in [0.3, 0.4) is 0 Å². The van der Waals surface area contributed by atoms with E-state index in [1.54, 1.807) is 12.1 Å². The Kier molecular flexibility index (Phi) is 4.38. The number of carbonyl (C=O) groups excluding carboxylic acids is 1. The van der Waals surface area contributed by atoms with Crippen molar-refractivity contribution in [1.29, 1.82) is 0 Å². The van der Waals surface area contributed by atoms with Gasteiger partial charge in [0.05, 0.1) is 0 Å². The Morgan fingerprint density at radius 2 is 1.72 bits per heavy atom. The molecule has 1 aliphatic carbocycles. The number of phenolic OH excluding ortho intramolecular Hbond substituents is 1. The molecule has 130 valence electrons. The molecule has 0 aromatic heterocycles. The monoisotopic (exact) mass is 375 g/mol. The molecule has 25 heavy (non-hydrogen) atoms. The summed E-state index contributed by atoms with van der Waals surface area (Å²) in [6, 6.07) is 13.1. The van der Waals surface area contributed by atoms with Crippen molar-refractivity contribution in [1.82, 2.24) is 5.32 Å². The van der Waals surface area contributed by atoms with Gasteiger partial charge in [0.2, 0.25) is 5.91 Å². The van der Waals surface area contributed by atoms with Gasteiger partial charge in [0.1, 0.15) is 5.75 Å². The van der Waals surface area contributed by atoms with Gasteiger partial charge in [-0.05, 0) is 66.0 Å². The van der Waals surface area contributed by atoms with Gasteiger partial charge in [-0.3, -0.25) is 4.79 Å². The van der Waals surface area contributed by atoms with Crippen LogP contribution in [-0.4, -0.2) is 17.6 Å². The molecule has 0 radical (unpaired) electrons. The smallest absolute Gasteiger partial charge is 0.223 e. The zero-order chi connectivity index (χ0) is 17.6. The summed E-state index contributed by atoms with van der Waals surface area (Å²) in [5.74, 6) is 1.05. The summed E-state index contributed by atoms with van der Waals surface area (Å²) >= 11 is 12.5. The van der Waals surface area contributed by atoms with Gasteiger partial charge in [0.15, 0.2) is 0 Å². The fraction of sp³-hybridized carbons (Fsp3) is 0.350. The average Bonchev–Trinajstić information content (AvgIpc) is 2.97. The lowest BCUT2D eigenvalue weighted by Crippen LogP contribution is -2.32. The molecule has 1 saturated carbocycles. The van der Waals surface area contributed by atoms with Crippen LogP contribution >= 0.6 is 23.2 Å². The van der Waals surface area contributed by atoms with Crippen molar-refractivity contribution in [2.75, 3.05) is 6.54 Å². The summed E-state index contributed by atoms with van der Waals surface area (Å²) < 4.78 is 0. The van der Waals surface area contributed by atoms with Crippen molar-refractivity contribution in [3.8, 4) is 5.75 Å². The van der Waals surface area contributed by atoms with Crippen molar-refractivity contribution < 1.29 is 9.90 Å². The van der Waals surface area contributed by atoms with Gasteiger partial charge in [-0.1, -0.05) is 41.4 Å². The van der Waals surface area contributed by atoms with Crippen LogP contribution in [0.2, 0.25) is 10.0 Å². The van der Waals surface area contributed by atoms with E-state index in [0.717, 1.165) is 18.4 Å². The maximum atomic E-state index is 12.2. The second kappa shape index (κ2) is 6.54. The molecule has 2 aliphatic rings. The minimum atomic E-state index is 0.0628. The highest BCUT2D eigenvalue weighted by Gasteiger charge is 2.47. The fourth-order valence-electron chi connectivity index (χ4n) is 4.58. The lowest BCUT2D eigenvalue weighted by atomic mass is 9.63. The van der Waals surface area contributed by atoms with Crippen LogP contribution in [0.25, 0.3) is 0 Å². The van der Waals surface area contributed by atoms with Crippen molar-refractivity contribution in [2.24, 2.45) is 11.8 Å². The number of benzene rings is 2. The maximum Gasteiger partial charge on any atom is 0.223 e. The minimum Gasteiger partial charge on any atom is -0.508 e. The molecule has 1 aliphatic heterocycles. The first-order chi connectivity index (χ1) is 12.0. The van der Waals surface area contributed by atoms with E-state index in [-0.39, 0.29) is 35.3 Å². The fourth-order valence-corrected chi connectivity index (χ4v) is 5.02. The lowest BCUT2D eigenvalue weighted by molar-refractivity contribution is -0.123. The number of rotatable bonds is 2. The third-order valence-corrected chi connectivity index (χ3v) is 6.27. The molecule has 5 heteroatoms. The largest absolute Gasteiger partial charge is 0.508 e. The summed E-state index contributed by atoms with van der Waals surface area (Å²) in [6.07, 6.45) is 1.76. The molecule has 0 unspecified atom stereocenters. The topological polar surface area (TPSA) is 49.3 Å². The predicted molar refractivity (Wildman–Crippen MR) is 99.3 cm³/mol. The third-order valence-electron chi connectivity index (χ3n) is 5.69. The number of amides is 1. The number of carbonyl (C=O) groups is 1. The van der Waals surface area contributed by atoms with E-state index in [1.807, 2.05) is 18.2 Å². The summed E-state index contributed by atoms with van der Waals surface area (Å²) in [6.45, 7) is 0.697. The van der Waals surface area contributed by atoms with E-state index < -0.39 is 0 Å². The van der Waals surface area contributed by atoms with Gasteiger partial charge in [-0.2, -0.15) is 0 Å². The van der Waals surface area contributed by atoms with Crippen molar-refractivity contribution in [2.45, 2.75) is 24.7 Å². The van der Waals surface area contributed by atoms with E-state index in [9.17, 15) is 9.90 Å². The third kappa shape index (κ3) is 3.00. The van der Waals surface area contributed by atoms with Crippen LogP contribution in [0.4, 0.5) is 0 Å². The van der Waals surface area contributed by atoms with Crippen LogP contribution in [0.1, 0.15) is 35.8 Å². The molecule has 0 bridgehead atoms. The summed E-state index contributed by atoms with van der Waals surface area (Å²) in [7, 11) is 0. The summed E-state index contributed by atoms with van der Waals surface area (Å²) in [4.78, 5) is 12.2. The van der Waals surface area contributed by atoms with Crippen LogP contribution in [0.5, 0.6) is 5.75 Å². The maximum absolute atomic E-state index is 12.2. The highest BCUT2D eigenvalue weighted by molar-refractivity contribution is 6.31. The molecule has 4 atom stereocenters. The molecule has 1 saturated heterocycles. The summed E-state index contributed by atoms with van der Waals surface area (Å²) in [5.41, 5.74) is 2.22. The standard InChI is InChI=1S/C20H19Cl2NO2/c21-12-3-1-11(2-4-12)19-15(14-6-5-13(24)9-18(14)22)7-8-16-17(19)10-23-20(16)25/h1-6,9,15-17,19,24H,7-8,10H2,(H,23,25)/t15-,16+,17+,19-/m0/s1. The molecule has 2 fully saturated rings. The Bertz CT molecular complexity index is 806. The molecule has 2 aromatic carbocycles. The summed E-state index contributed by atoms with van der Waals surface area (Å²) in [5, 5.41) is 14.0. The van der Waals surface area contributed by atoms with Gasteiger partial charge >= 0.3 is 0 Å². The highest BCUT2D eigenvalue weighted by atomic mass is 35.5. The molecule has 4 rings (SSSR count). The van der Waals surface area contributed by atoms with E-state index in [4.69, 9.17) is 23.2 Å². The number of aromatic hydroxyl groups is 1. The van der Waals surface area contributed by atoms with Crippen LogP contribution in [-0.2, 0) is 4.79 Å². The first-order valence-electron chi connectivity index (χ1n) is 8.56. The quantitative estimate of drug-likeness (QED) is 0.797. The number of hydrogen-bond donors (Lipinski definition) is 2. The highest BCUT2D eigenvalue weighted by Crippen LogP contribution is 2.52. The van der Waals surface area contributed by atoms with Gasteiger partial charge < -0.3 is 10.4 Å². The Morgan fingerprint density at radius 3 is 2.44 bits per heavy atom. The second-order valence-corrected chi connectivity index (χ2v) is 7.83. The molecule has 2 N–H and O–H groups in total. The Morgan fingerprint density at radius 1 is 1.00 bits per heavy atom. The van der Waals surface area contributed by atoms with Crippen molar-refractivity contribution in [3.05, 3.63) is 63.6 Å². The van der Waals surface area contributed by atoms with Gasteiger partial charge in [0, 0.05) is 22.5 Å². The van der Waals surface area contributed by atoms with Crippen LogP contribution in [0, 0.1) is 11.8 Å². The number of fused-ring (bicyclic) bond motifs is 1. The van der Waals surface area contributed by atoms with Crippen molar-refractivity contribution in [3.63, 3.8) is 0 Å². The van der Waals surface area contributed by atoms with Crippen molar-refractivity contribution >= 4 is 29.1 Å². The lowest BCUT2D eigenvalue weighted by Gasteiger charge is -2.39. The number of phenols is 1. The van der Waals surface area contributed by atoms with E-state index in [1.165, 1.54) is 5.56 Å². The average molecular weight is 376 g/mol. The molecule has 1 heterocycles. The number of nitrogens with one attached hydrogen (secondary N) is 1. The van der Waals surface area contributed by atoms with Gasteiger partial charge in [-0.25, -0.2) is 0 Å². The first-order valence-corrected chi connectivity index (χ1v) is 9.32. The Balaban J connectivity index is 1.78. The van der Waals surface area contributed by atoms with Crippen LogP contribution < -0.4 is 5.32 Å².